The van der Waals surface area contributed by atoms with E-state index in [9.17, 15) is 4.79 Å². The summed E-state index contributed by atoms with van der Waals surface area (Å²) in [6.07, 6.45) is -0.228. The van der Waals surface area contributed by atoms with Crippen molar-refractivity contribution in [3.63, 3.8) is 0 Å². The summed E-state index contributed by atoms with van der Waals surface area (Å²) in [5.74, 6) is 0.00207. The Morgan fingerprint density at radius 2 is 1.52 bits per heavy atom. The van der Waals surface area contributed by atoms with Crippen LogP contribution in [-0.2, 0) is 9.53 Å². The molecule has 0 bridgehead atoms. The lowest BCUT2D eigenvalue weighted by atomic mass is 9.92. The maximum atomic E-state index is 11.8. The lowest BCUT2D eigenvalue weighted by molar-refractivity contribution is -0.195. The van der Waals surface area contributed by atoms with E-state index < -0.39 is 11.9 Å². The molecule has 0 aliphatic carbocycles. The van der Waals surface area contributed by atoms with Gasteiger partial charge in [0.2, 0.25) is 0 Å². The fourth-order valence-electron chi connectivity index (χ4n) is 4.25. The molecule has 0 saturated carbocycles. The molecular weight excluding hydrogens is 316 g/mol. The molecule has 0 radical (unpaired) electrons. The molecule has 2 unspecified atom stereocenters. The molecule has 1 saturated heterocycles. The number of rotatable bonds is 0. The molecule has 0 N–H and O–H groups in total. The van der Waals surface area contributed by atoms with E-state index in [2.05, 4.69) is 30.3 Å². The van der Waals surface area contributed by atoms with E-state index in [0.717, 1.165) is 21.5 Å². The molecule has 122 valence electrons. The summed E-state index contributed by atoms with van der Waals surface area (Å²) in [4.78, 5) is 11.8. The van der Waals surface area contributed by atoms with Crippen molar-refractivity contribution < 1.29 is 19.0 Å². The van der Waals surface area contributed by atoms with E-state index in [1.165, 1.54) is 10.8 Å². The van der Waals surface area contributed by atoms with Crippen LogP contribution in [0.5, 0.6) is 11.5 Å². The number of carbonyl (C=O) groups is 1. The molecule has 0 aromatic heterocycles. The van der Waals surface area contributed by atoms with E-state index in [1.807, 2.05) is 18.2 Å². The predicted molar refractivity (Wildman–Crippen MR) is 94.3 cm³/mol. The topological polar surface area (TPSA) is 44.8 Å². The largest absolute Gasteiger partial charge is 0.477 e. The van der Waals surface area contributed by atoms with Gasteiger partial charge in [0, 0.05) is 28.5 Å². The van der Waals surface area contributed by atoms with E-state index >= 15 is 0 Å². The first-order valence-electron chi connectivity index (χ1n) is 8.41. The van der Waals surface area contributed by atoms with Gasteiger partial charge in [-0.15, -0.1) is 0 Å². The molecule has 0 amide bonds. The first-order chi connectivity index (χ1) is 12.1. The Bertz CT molecular complexity index is 1200. The molecule has 4 heteroatoms. The van der Waals surface area contributed by atoms with Gasteiger partial charge in [-0.1, -0.05) is 48.5 Å². The van der Waals surface area contributed by atoms with Gasteiger partial charge in [0.25, 0.3) is 5.79 Å². The molecule has 2 heterocycles. The standard InChI is InChI=1S/C21H14O4/c1-21-15(10-16(22)24-21)23-19-13-6-2-4-11-8-9-12-5-3-7-14(20(19)25-21)18(12)17(11)13/h2-9,15H,10H2,1H3. The Balaban J connectivity index is 1.79. The second kappa shape index (κ2) is 4.14. The van der Waals surface area contributed by atoms with Gasteiger partial charge in [-0.05, 0) is 10.8 Å². The van der Waals surface area contributed by atoms with Gasteiger partial charge in [0.15, 0.2) is 17.6 Å². The average molecular weight is 330 g/mol. The van der Waals surface area contributed by atoms with Crippen molar-refractivity contribution in [1.29, 1.82) is 0 Å². The first kappa shape index (κ1) is 13.3. The number of fused-ring (bicyclic) bond motifs is 4. The molecule has 2 atom stereocenters. The molecule has 1 fully saturated rings. The molecule has 25 heavy (non-hydrogen) atoms. The fourth-order valence-corrected chi connectivity index (χ4v) is 4.25. The summed E-state index contributed by atoms with van der Waals surface area (Å²) < 4.78 is 18.0. The van der Waals surface area contributed by atoms with E-state index in [1.54, 1.807) is 6.92 Å². The van der Waals surface area contributed by atoms with Crippen molar-refractivity contribution in [2.45, 2.75) is 25.2 Å². The lowest BCUT2D eigenvalue weighted by Crippen LogP contribution is -2.47. The average Bonchev–Trinajstić information content (AvgIpc) is 2.91. The Morgan fingerprint density at radius 1 is 0.880 bits per heavy atom. The summed E-state index contributed by atoms with van der Waals surface area (Å²) in [5, 5.41) is 6.65. The van der Waals surface area contributed by atoms with Crippen molar-refractivity contribution in [2.75, 3.05) is 0 Å². The predicted octanol–water partition coefficient (Wildman–Crippen LogP) is 4.39. The van der Waals surface area contributed by atoms with Crippen LogP contribution in [0.3, 0.4) is 0 Å². The van der Waals surface area contributed by atoms with Crippen LogP contribution >= 0.6 is 0 Å². The third-order valence-corrected chi connectivity index (χ3v) is 5.40. The zero-order valence-corrected chi connectivity index (χ0v) is 13.5. The first-order valence-corrected chi connectivity index (χ1v) is 8.41. The van der Waals surface area contributed by atoms with Gasteiger partial charge in [0.05, 0.1) is 6.42 Å². The molecule has 0 spiro atoms. The maximum Gasteiger partial charge on any atom is 0.313 e. The van der Waals surface area contributed by atoms with E-state index in [0.29, 0.717) is 11.5 Å². The molecular formula is C21H14O4. The summed E-state index contributed by atoms with van der Waals surface area (Å²) in [7, 11) is 0. The van der Waals surface area contributed by atoms with Crippen LogP contribution in [0, 0.1) is 0 Å². The number of hydrogen-bond donors (Lipinski definition) is 0. The van der Waals surface area contributed by atoms with Gasteiger partial charge in [-0.25, -0.2) is 0 Å². The monoisotopic (exact) mass is 330 g/mol. The smallest absolute Gasteiger partial charge is 0.313 e. The Hall–Kier alpha value is -3.01. The quantitative estimate of drug-likeness (QED) is 0.354. The van der Waals surface area contributed by atoms with Crippen LogP contribution in [0.2, 0.25) is 0 Å². The van der Waals surface area contributed by atoms with Crippen LogP contribution in [0.15, 0.2) is 48.5 Å². The lowest BCUT2D eigenvalue weighted by Gasteiger charge is -2.36. The second-order valence-electron chi connectivity index (χ2n) is 6.93. The number of ether oxygens (including phenoxy) is 3. The number of hydrogen-bond acceptors (Lipinski definition) is 4. The zero-order chi connectivity index (χ0) is 16.8. The van der Waals surface area contributed by atoms with Gasteiger partial charge < -0.3 is 14.2 Å². The zero-order valence-electron chi connectivity index (χ0n) is 13.5. The molecule has 4 aromatic rings. The van der Waals surface area contributed by atoms with Crippen LogP contribution in [-0.4, -0.2) is 17.9 Å². The normalized spacial score (nSPS) is 24.8. The van der Waals surface area contributed by atoms with Crippen molar-refractivity contribution in [3.8, 4) is 11.5 Å². The molecule has 4 nitrogen and oxygen atoms in total. The molecule has 2 aliphatic rings. The Kier molecular flexibility index (Phi) is 2.20. The maximum absolute atomic E-state index is 11.8. The molecule has 2 aliphatic heterocycles. The van der Waals surface area contributed by atoms with Gasteiger partial charge in [0.1, 0.15) is 0 Å². The van der Waals surface area contributed by atoms with Gasteiger partial charge >= 0.3 is 5.97 Å². The van der Waals surface area contributed by atoms with Gasteiger partial charge in [-0.3, -0.25) is 4.79 Å². The van der Waals surface area contributed by atoms with Crippen molar-refractivity contribution >= 4 is 38.3 Å². The van der Waals surface area contributed by atoms with Crippen molar-refractivity contribution in [2.24, 2.45) is 0 Å². The minimum absolute atomic E-state index is 0.203. The second-order valence-corrected chi connectivity index (χ2v) is 6.93. The summed E-state index contributed by atoms with van der Waals surface area (Å²) in [5.41, 5.74) is 0. The third kappa shape index (κ3) is 1.55. The van der Waals surface area contributed by atoms with Crippen LogP contribution in [0.4, 0.5) is 0 Å². The summed E-state index contributed by atoms with van der Waals surface area (Å²) in [6, 6.07) is 16.6. The highest BCUT2D eigenvalue weighted by Gasteiger charge is 2.53. The number of esters is 1. The highest BCUT2D eigenvalue weighted by Crippen LogP contribution is 2.52. The Labute approximate surface area is 143 Å². The molecule has 6 rings (SSSR count). The summed E-state index contributed by atoms with van der Waals surface area (Å²) >= 11 is 0. The van der Waals surface area contributed by atoms with Crippen LogP contribution in [0.25, 0.3) is 32.3 Å². The summed E-state index contributed by atoms with van der Waals surface area (Å²) in [6.45, 7) is 1.77. The van der Waals surface area contributed by atoms with Crippen molar-refractivity contribution in [3.05, 3.63) is 48.5 Å². The molecule has 4 aromatic carbocycles. The Morgan fingerprint density at radius 3 is 2.20 bits per heavy atom. The van der Waals surface area contributed by atoms with Gasteiger partial charge in [-0.2, -0.15) is 0 Å². The minimum Gasteiger partial charge on any atom is -0.477 e. The van der Waals surface area contributed by atoms with Crippen LogP contribution in [0.1, 0.15) is 13.3 Å². The number of carbonyl (C=O) groups excluding carboxylic acids is 1. The fraction of sp³-hybridized carbons (Fsp3) is 0.190. The van der Waals surface area contributed by atoms with Crippen molar-refractivity contribution in [1.82, 2.24) is 0 Å². The highest BCUT2D eigenvalue weighted by molar-refractivity contribution is 6.26. The third-order valence-electron chi connectivity index (χ3n) is 5.40. The highest BCUT2D eigenvalue weighted by atomic mass is 16.8. The SMILES string of the molecule is CC12OC(=O)CC1Oc1c(c3cccc4ccc5cccc1c5c43)O2. The minimum atomic E-state index is -1.07. The van der Waals surface area contributed by atoms with Crippen LogP contribution < -0.4 is 9.47 Å². The number of benzene rings is 4. The van der Waals surface area contributed by atoms with E-state index in [4.69, 9.17) is 14.2 Å². The van der Waals surface area contributed by atoms with E-state index in [-0.39, 0.29) is 12.4 Å².